The molecule has 4 nitrogen and oxygen atoms in total. The Hall–Kier alpha value is -6.95. The highest BCUT2D eigenvalue weighted by Gasteiger charge is 2.21. The minimum atomic E-state index is 0.856. The maximum atomic E-state index is 6.48. The summed E-state index contributed by atoms with van der Waals surface area (Å²) in [6.45, 7) is 0. The van der Waals surface area contributed by atoms with E-state index < -0.39 is 0 Å². The van der Waals surface area contributed by atoms with Gasteiger partial charge >= 0.3 is 0 Å². The second-order valence-corrected chi connectivity index (χ2v) is 14.6. The first kappa shape index (κ1) is 30.7. The van der Waals surface area contributed by atoms with E-state index in [1.54, 1.807) is 11.3 Å². The van der Waals surface area contributed by atoms with E-state index in [1.807, 2.05) is 30.3 Å². The number of para-hydroxylation sites is 2. The molecule has 0 aliphatic heterocycles. The van der Waals surface area contributed by atoms with Crippen molar-refractivity contribution in [3.63, 3.8) is 0 Å². The van der Waals surface area contributed by atoms with Crippen molar-refractivity contribution in [3.05, 3.63) is 182 Å². The molecule has 3 heterocycles. The second-order valence-electron chi connectivity index (χ2n) is 13.5. The Labute approximate surface area is 314 Å². The molecule has 0 atom stereocenters. The van der Waals surface area contributed by atoms with Gasteiger partial charge in [-0.2, -0.15) is 0 Å². The molecular formula is C49H30N2O2S. The number of aromatic nitrogens is 1. The lowest BCUT2D eigenvalue weighted by atomic mass is 9.97. The van der Waals surface area contributed by atoms with Gasteiger partial charge in [0, 0.05) is 61.9 Å². The second kappa shape index (κ2) is 12.3. The van der Waals surface area contributed by atoms with Gasteiger partial charge in [0.2, 0.25) is 0 Å². The molecule has 0 spiro atoms. The van der Waals surface area contributed by atoms with Crippen LogP contribution in [0.5, 0.6) is 0 Å². The Bertz CT molecular complexity index is 3140. The summed E-state index contributed by atoms with van der Waals surface area (Å²) in [7, 11) is 0. The number of nitrogens with zero attached hydrogens (tertiary/aromatic N) is 2. The van der Waals surface area contributed by atoms with E-state index in [2.05, 4.69) is 157 Å². The molecule has 0 aliphatic rings. The zero-order valence-corrected chi connectivity index (χ0v) is 29.8. The number of thiazole rings is 1. The maximum absolute atomic E-state index is 6.48. The molecule has 5 heteroatoms. The van der Waals surface area contributed by atoms with Crippen LogP contribution in [0.25, 0.3) is 86.9 Å². The fourth-order valence-corrected chi connectivity index (χ4v) is 8.78. The van der Waals surface area contributed by atoms with Crippen LogP contribution in [0.3, 0.4) is 0 Å². The van der Waals surface area contributed by atoms with Gasteiger partial charge in [-0.3, -0.25) is 0 Å². The summed E-state index contributed by atoms with van der Waals surface area (Å²) in [4.78, 5) is 7.58. The summed E-state index contributed by atoms with van der Waals surface area (Å²) < 4.78 is 13.9. The Morgan fingerprint density at radius 3 is 1.67 bits per heavy atom. The minimum absolute atomic E-state index is 0.856. The quantitative estimate of drug-likeness (QED) is 0.172. The fraction of sp³-hybridized carbons (Fsp3) is 0. The monoisotopic (exact) mass is 710 g/mol. The number of rotatable bonds is 6. The smallest absolute Gasteiger partial charge is 0.137 e. The van der Waals surface area contributed by atoms with Gasteiger partial charge in [0.05, 0.1) is 10.2 Å². The summed E-state index contributed by atoms with van der Waals surface area (Å²) in [5.41, 5.74) is 13.2. The normalized spacial score (nSPS) is 11.7. The van der Waals surface area contributed by atoms with Crippen LogP contribution in [0.2, 0.25) is 0 Å². The standard InChI is InChI=1S/C49H30N2O2S/c1-3-11-31(12-4-1)32-19-23-35(24-20-32)51(37-27-28-39-38-15-7-9-17-41(38)52-43(39)29-37)36-25-21-33(22-26-36)46-47-40-16-8-10-18-42(40)53-44(47)30-45-48(46)50-49(54-45)34-13-5-2-6-14-34/h1-30H. The van der Waals surface area contributed by atoms with Gasteiger partial charge in [0.25, 0.3) is 0 Å². The Balaban J connectivity index is 1.08. The molecule has 8 aromatic carbocycles. The van der Waals surface area contributed by atoms with Crippen LogP contribution < -0.4 is 4.90 Å². The zero-order valence-electron chi connectivity index (χ0n) is 28.9. The number of hydrogen-bond acceptors (Lipinski definition) is 5. The third-order valence-electron chi connectivity index (χ3n) is 10.3. The first-order valence-electron chi connectivity index (χ1n) is 18.0. The van der Waals surface area contributed by atoms with Crippen molar-refractivity contribution in [1.82, 2.24) is 4.98 Å². The highest BCUT2D eigenvalue weighted by molar-refractivity contribution is 7.21. The summed E-state index contributed by atoms with van der Waals surface area (Å²) in [6.07, 6.45) is 0. The molecular weight excluding hydrogens is 681 g/mol. The molecule has 0 fully saturated rings. The number of furan rings is 2. The molecule has 0 saturated heterocycles. The number of hydrogen-bond donors (Lipinski definition) is 0. The van der Waals surface area contributed by atoms with E-state index in [9.17, 15) is 0 Å². The van der Waals surface area contributed by atoms with Crippen molar-refractivity contribution in [2.75, 3.05) is 4.90 Å². The number of benzene rings is 8. The molecule has 54 heavy (non-hydrogen) atoms. The molecule has 0 amide bonds. The van der Waals surface area contributed by atoms with E-state index in [4.69, 9.17) is 13.8 Å². The largest absolute Gasteiger partial charge is 0.456 e. The van der Waals surface area contributed by atoms with Crippen molar-refractivity contribution < 1.29 is 8.83 Å². The van der Waals surface area contributed by atoms with E-state index in [-0.39, 0.29) is 0 Å². The third-order valence-corrected chi connectivity index (χ3v) is 11.4. The van der Waals surface area contributed by atoms with Crippen molar-refractivity contribution in [3.8, 4) is 32.8 Å². The fourth-order valence-electron chi connectivity index (χ4n) is 7.77. The van der Waals surface area contributed by atoms with Gasteiger partial charge in [-0.1, -0.05) is 121 Å². The van der Waals surface area contributed by atoms with Crippen molar-refractivity contribution >= 4 is 82.5 Å². The molecule has 0 saturated carbocycles. The SMILES string of the molecule is c1ccc(-c2ccc(N(c3ccc(-c4c5nc(-c6ccccc6)sc5cc5oc6ccccc6c45)cc3)c3ccc4c(c3)oc3ccccc34)cc2)cc1. The lowest BCUT2D eigenvalue weighted by Gasteiger charge is -2.26. The summed E-state index contributed by atoms with van der Waals surface area (Å²) in [5, 5.41) is 5.38. The van der Waals surface area contributed by atoms with Gasteiger partial charge in [0.1, 0.15) is 27.3 Å². The van der Waals surface area contributed by atoms with Crippen LogP contribution in [-0.2, 0) is 0 Å². The van der Waals surface area contributed by atoms with E-state index in [0.29, 0.717) is 0 Å². The maximum Gasteiger partial charge on any atom is 0.137 e. The predicted molar refractivity (Wildman–Crippen MR) is 225 cm³/mol. The van der Waals surface area contributed by atoms with Gasteiger partial charge < -0.3 is 13.7 Å². The van der Waals surface area contributed by atoms with Crippen LogP contribution >= 0.6 is 11.3 Å². The summed E-state index contributed by atoms with van der Waals surface area (Å²) in [6, 6.07) is 63.7. The Kier molecular flexibility index (Phi) is 7.00. The molecule has 254 valence electrons. The molecule has 11 aromatic rings. The molecule has 0 unspecified atom stereocenters. The Morgan fingerprint density at radius 2 is 0.944 bits per heavy atom. The van der Waals surface area contributed by atoms with Crippen LogP contribution in [0.1, 0.15) is 0 Å². The van der Waals surface area contributed by atoms with Gasteiger partial charge in [-0.15, -0.1) is 11.3 Å². The average molecular weight is 711 g/mol. The van der Waals surface area contributed by atoms with E-state index >= 15 is 0 Å². The average Bonchev–Trinajstić information content (AvgIpc) is 3.94. The van der Waals surface area contributed by atoms with Crippen LogP contribution in [0.15, 0.2) is 191 Å². The molecule has 3 aromatic heterocycles. The van der Waals surface area contributed by atoms with Crippen LogP contribution in [0.4, 0.5) is 17.1 Å². The van der Waals surface area contributed by atoms with E-state index in [1.165, 1.54) is 11.1 Å². The lowest BCUT2D eigenvalue weighted by molar-refractivity contribution is 0.669. The highest BCUT2D eigenvalue weighted by atomic mass is 32.1. The van der Waals surface area contributed by atoms with Gasteiger partial charge in [-0.25, -0.2) is 4.98 Å². The molecule has 0 bridgehead atoms. The molecule has 0 aliphatic carbocycles. The number of fused-ring (bicyclic) bond motifs is 7. The predicted octanol–water partition coefficient (Wildman–Crippen LogP) is 14.6. The van der Waals surface area contributed by atoms with Crippen molar-refractivity contribution in [1.29, 1.82) is 0 Å². The molecule has 11 rings (SSSR count). The van der Waals surface area contributed by atoms with E-state index in [0.717, 1.165) is 92.9 Å². The zero-order chi connectivity index (χ0) is 35.6. The first-order valence-corrected chi connectivity index (χ1v) is 18.8. The highest BCUT2D eigenvalue weighted by Crippen LogP contribution is 2.46. The summed E-state index contributed by atoms with van der Waals surface area (Å²) >= 11 is 1.70. The van der Waals surface area contributed by atoms with Crippen molar-refractivity contribution in [2.24, 2.45) is 0 Å². The molecule has 0 N–H and O–H groups in total. The third kappa shape index (κ3) is 5.01. The van der Waals surface area contributed by atoms with Crippen molar-refractivity contribution in [2.45, 2.75) is 0 Å². The summed E-state index contributed by atoms with van der Waals surface area (Å²) in [5.74, 6) is 0. The van der Waals surface area contributed by atoms with Crippen LogP contribution in [0, 0.1) is 0 Å². The Morgan fingerprint density at radius 1 is 0.407 bits per heavy atom. The topological polar surface area (TPSA) is 42.4 Å². The van der Waals surface area contributed by atoms with Crippen LogP contribution in [-0.4, -0.2) is 4.98 Å². The van der Waals surface area contributed by atoms with Gasteiger partial charge in [-0.05, 0) is 65.2 Å². The lowest BCUT2D eigenvalue weighted by Crippen LogP contribution is -2.09. The molecule has 0 radical (unpaired) electrons. The van der Waals surface area contributed by atoms with Gasteiger partial charge in [0.15, 0.2) is 0 Å². The number of anilines is 3. The minimum Gasteiger partial charge on any atom is -0.456 e. The first-order chi connectivity index (χ1) is 26.7.